The monoisotopic (exact) mass is 447 g/mol. The van der Waals surface area contributed by atoms with Gasteiger partial charge in [0.25, 0.3) is 0 Å². The van der Waals surface area contributed by atoms with Gasteiger partial charge in [-0.2, -0.15) is 0 Å². The van der Waals surface area contributed by atoms with Crippen molar-refractivity contribution >= 4 is 28.4 Å². The summed E-state index contributed by atoms with van der Waals surface area (Å²) in [4.78, 5) is 13.6. The van der Waals surface area contributed by atoms with Crippen LogP contribution in [0.4, 0.5) is 11.4 Å². The van der Waals surface area contributed by atoms with Gasteiger partial charge in [0, 0.05) is 0 Å². The quantitative estimate of drug-likeness (QED) is 0.441. The number of nitrogens with one attached hydrogen (secondary N) is 1. The zero-order valence-corrected chi connectivity index (χ0v) is 17.9. The SMILES string of the molecule is COc1ccc(OCC2Nc3c(C(=O)O)ccc(OC)c3N2n2nnc3ccccc32)cc1. The Kier molecular flexibility index (Phi) is 5.09. The lowest BCUT2D eigenvalue weighted by Crippen LogP contribution is -2.44. The van der Waals surface area contributed by atoms with Gasteiger partial charge in [-0.25, -0.2) is 9.80 Å². The second kappa shape index (κ2) is 8.23. The summed E-state index contributed by atoms with van der Waals surface area (Å²) in [6, 6.07) is 17.9. The van der Waals surface area contributed by atoms with E-state index in [4.69, 9.17) is 14.2 Å². The zero-order chi connectivity index (χ0) is 22.9. The molecule has 0 saturated carbocycles. The van der Waals surface area contributed by atoms with Gasteiger partial charge in [-0.15, -0.1) is 9.89 Å². The molecular weight excluding hydrogens is 426 g/mol. The van der Waals surface area contributed by atoms with E-state index >= 15 is 0 Å². The number of aromatic carboxylic acids is 1. The number of hydrogen-bond acceptors (Lipinski definition) is 8. The van der Waals surface area contributed by atoms with Crippen molar-refractivity contribution in [3.05, 3.63) is 66.2 Å². The molecule has 10 nitrogen and oxygen atoms in total. The molecule has 1 atom stereocenters. The number of fused-ring (bicyclic) bond motifs is 2. The van der Waals surface area contributed by atoms with Crippen molar-refractivity contribution in [1.29, 1.82) is 0 Å². The molecule has 1 unspecified atom stereocenters. The maximum atomic E-state index is 11.9. The highest BCUT2D eigenvalue weighted by Gasteiger charge is 2.38. The number of ether oxygens (including phenoxy) is 3. The minimum atomic E-state index is -1.05. The number of carboxylic acid groups (broad SMARTS) is 1. The average molecular weight is 447 g/mol. The Morgan fingerprint density at radius 1 is 1.03 bits per heavy atom. The Bertz CT molecular complexity index is 1320. The predicted octanol–water partition coefficient (Wildman–Crippen LogP) is 3.25. The molecule has 10 heteroatoms. The first-order valence-corrected chi connectivity index (χ1v) is 10.2. The molecule has 1 aliphatic heterocycles. The van der Waals surface area contributed by atoms with Crippen molar-refractivity contribution in [2.45, 2.75) is 6.17 Å². The summed E-state index contributed by atoms with van der Waals surface area (Å²) in [5, 5.41) is 23.4. The molecule has 168 valence electrons. The fourth-order valence-corrected chi connectivity index (χ4v) is 3.87. The Balaban J connectivity index is 1.58. The van der Waals surface area contributed by atoms with Crippen LogP contribution in [-0.4, -0.2) is 53.2 Å². The smallest absolute Gasteiger partial charge is 0.337 e. The van der Waals surface area contributed by atoms with E-state index in [2.05, 4.69) is 15.6 Å². The molecule has 0 fully saturated rings. The summed E-state index contributed by atoms with van der Waals surface area (Å²) in [6.07, 6.45) is -0.499. The summed E-state index contributed by atoms with van der Waals surface area (Å²) >= 11 is 0. The van der Waals surface area contributed by atoms with Crippen molar-refractivity contribution in [1.82, 2.24) is 15.1 Å². The molecule has 0 amide bonds. The fourth-order valence-electron chi connectivity index (χ4n) is 3.87. The van der Waals surface area contributed by atoms with Gasteiger partial charge in [-0.05, 0) is 53.7 Å². The van der Waals surface area contributed by atoms with Crippen LogP contribution in [0, 0.1) is 0 Å². The number of para-hydroxylation sites is 1. The summed E-state index contributed by atoms with van der Waals surface area (Å²) < 4.78 is 16.8. The van der Waals surface area contributed by atoms with Crippen LogP contribution in [0.3, 0.4) is 0 Å². The maximum absolute atomic E-state index is 11.9. The summed E-state index contributed by atoms with van der Waals surface area (Å²) in [7, 11) is 3.14. The van der Waals surface area contributed by atoms with E-state index in [0.29, 0.717) is 28.4 Å². The first-order chi connectivity index (χ1) is 16.1. The molecule has 3 aromatic carbocycles. The van der Waals surface area contributed by atoms with Crippen LogP contribution < -0.4 is 24.5 Å². The minimum Gasteiger partial charge on any atom is -0.497 e. The molecule has 1 aromatic heterocycles. The number of carboxylic acids is 1. The molecule has 0 radical (unpaired) electrons. The highest BCUT2D eigenvalue weighted by atomic mass is 16.5. The zero-order valence-electron chi connectivity index (χ0n) is 17.9. The van der Waals surface area contributed by atoms with Crippen LogP contribution in [0.1, 0.15) is 10.4 Å². The van der Waals surface area contributed by atoms with Crippen LogP contribution in [0.2, 0.25) is 0 Å². The lowest BCUT2D eigenvalue weighted by atomic mass is 10.1. The van der Waals surface area contributed by atoms with E-state index < -0.39 is 12.1 Å². The molecule has 2 heterocycles. The van der Waals surface area contributed by atoms with Gasteiger partial charge in [0.2, 0.25) is 0 Å². The first kappa shape index (κ1) is 20.4. The Hall–Kier alpha value is -4.47. The van der Waals surface area contributed by atoms with Gasteiger partial charge in [0.15, 0.2) is 6.17 Å². The summed E-state index contributed by atoms with van der Waals surface area (Å²) in [5.74, 6) is 0.804. The highest BCUT2D eigenvalue weighted by Crippen LogP contribution is 2.45. The first-order valence-electron chi connectivity index (χ1n) is 10.2. The lowest BCUT2D eigenvalue weighted by Gasteiger charge is -2.27. The summed E-state index contributed by atoms with van der Waals surface area (Å²) in [5.41, 5.74) is 2.53. The van der Waals surface area contributed by atoms with Crippen LogP contribution in [0.5, 0.6) is 17.2 Å². The van der Waals surface area contributed by atoms with Gasteiger partial charge >= 0.3 is 5.97 Å². The van der Waals surface area contributed by atoms with Crippen molar-refractivity contribution in [2.75, 3.05) is 31.2 Å². The molecule has 0 aliphatic carbocycles. The Morgan fingerprint density at radius 2 is 1.79 bits per heavy atom. The van der Waals surface area contributed by atoms with Crippen molar-refractivity contribution in [2.24, 2.45) is 0 Å². The summed E-state index contributed by atoms with van der Waals surface area (Å²) in [6.45, 7) is 0.178. The van der Waals surface area contributed by atoms with E-state index in [9.17, 15) is 9.90 Å². The topological polar surface area (TPSA) is 111 Å². The average Bonchev–Trinajstić information content (AvgIpc) is 3.43. The van der Waals surface area contributed by atoms with Gasteiger partial charge in [-0.3, -0.25) is 0 Å². The number of nitrogens with zero attached hydrogens (tertiary/aromatic N) is 4. The standard InChI is InChI=1S/C23H21N5O5/c1-31-14-7-9-15(10-8-14)33-13-20-24-21-16(23(29)30)11-12-19(32-2)22(21)27(20)28-18-6-4-3-5-17(18)25-26-28/h3-12,20,24H,13H2,1-2H3,(H,29,30). The number of hydrogen-bond donors (Lipinski definition) is 2. The second-order valence-corrected chi connectivity index (χ2v) is 7.30. The van der Waals surface area contributed by atoms with Crippen LogP contribution in [0.25, 0.3) is 11.0 Å². The van der Waals surface area contributed by atoms with Gasteiger partial charge in [-0.1, -0.05) is 12.1 Å². The molecule has 0 spiro atoms. The maximum Gasteiger partial charge on any atom is 0.337 e. The van der Waals surface area contributed by atoms with Crippen LogP contribution in [0.15, 0.2) is 60.7 Å². The van der Waals surface area contributed by atoms with E-state index in [0.717, 1.165) is 11.3 Å². The highest BCUT2D eigenvalue weighted by molar-refractivity contribution is 6.01. The molecule has 2 N–H and O–H groups in total. The molecule has 0 bridgehead atoms. The Morgan fingerprint density at radius 3 is 2.52 bits per heavy atom. The Labute approximate surface area is 188 Å². The molecule has 4 aromatic rings. The van der Waals surface area contributed by atoms with Crippen molar-refractivity contribution in [3.8, 4) is 17.2 Å². The van der Waals surface area contributed by atoms with Crippen molar-refractivity contribution < 1.29 is 24.1 Å². The number of rotatable bonds is 7. The van der Waals surface area contributed by atoms with Gasteiger partial charge < -0.3 is 24.6 Å². The molecule has 5 rings (SSSR count). The number of methoxy groups -OCH3 is 2. The fraction of sp³-hybridized carbons (Fsp3) is 0.174. The number of aromatic nitrogens is 3. The van der Waals surface area contributed by atoms with E-state index in [-0.39, 0.29) is 12.2 Å². The van der Waals surface area contributed by atoms with Crippen LogP contribution >= 0.6 is 0 Å². The van der Waals surface area contributed by atoms with E-state index in [1.807, 2.05) is 24.3 Å². The normalized spacial score (nSPS) is 14.6. The number of anilines is 2. The molecule has 33 heavy (non-hydrogen) atoms. The molecule has 1 aliphatic rings. The molecule has 0 saturated heterocycles. The van der Waals surface area contributed by atoms with Gasteiger partial charge in [0.1, 0.15) is 40.6 Å². The third-order valence-corrected chi connectivity index (χ3v) is 5.43. The minimum absolute atomic E-state index is 0.118. The largest absolute Gasteiger partial charge is 0.497 e. The molecular formula is C23H21N5O5. The second-order valence-electron chi connectivity index (χ2n) is 7.30. The third-order valence-electron chi connectivity index (χ3n) is 5.43. The lowest BCUT2D eigenvalue weighted by molar-refractivity contribution is 0.0698. The van der Waals surface area contributed by atoms with E-state index in [1.165, 1.54) is 13.2 Å². The third kappa shape index (κ3) is 3.51. The number of benzene rings is 3. The van der Waals surface area contributed by atoms with Crippen LogP contribution in [-0.2, 0) is 0 Å². The van der Waals surface area contributed by atoms with Crippen molar-refractivity contribution in [3.63, 3.8) is 0 Å². The van der Waals surface area contributed by atoms with E-state index in [1.54, 1.807) is 47.2 Å². The van der Waals surface area contributed by atoms with Gasteiger partial charge in [0.05, 0.1) is 25.5 Å². The predicted molar refractivity (Wildman–Crippen MR) is 121 cm³/mol. The number of carbonyl (C=O) groups is 1.